The maximum atomic E-state index is 6.61. The molecule has 0 bridgehead atoms. The second-order valence-electron chi connectivity index (χ2n) is 11.8. The molecular weight excluding hydrogens is 564 g/mol. The third kappa shape index (κ3) is 3.74. The number of para-hydroxylation sites is 1. The van der Waals surface area contributed by atoms with Crippen LogP contribution in [0.1, 0.15) is 0 Å². The minimum absolute atomic E-state index is 0.649. The van der Waals surface area contributed by atoms with Crippen LogP contribution >= 0.6 is 0 Å². The molecule has 0 atom stereocenters. The van der Waals surface area contributed by atoms with Gasteiger partial charge in [0.2, 0.25) is 0 Å². The Balaban J connectivity index is 1.27. The molecule has 0 spiro atoms. The van der Waals surface area contributed by atoms with E-state index in [-0.39, 0.29) is 0 Å². The molecule has 0 radical (unpaired) electrons. The number of hydrogen-bond acceptors (Lipinski definition) is 4. The highest BCUT2D eigenvalue weighted by Gasteiger charge is 2.21. The van der Waals surface area contributed by atoms with Crippen molar-refractivity contribution in [1.29, 1.82) is 0 Å². The molecule has 0 saturated heterocycles. The third-order valence-corrected chi connectivity index (χ3v) is 9.07. The summed E-state index contributed by atoms with van der Waals surface area (Å²) in [5.74, 6) is 0.649. The normalized spacial score (nSPS) is 11.9. The van der Waals surface area contributed by atoms with Crippen LogP contribution in [0.4, 0.5) is 0 Å². The highest BCUT2D eigenvalue weighted by Crippen LogP contribution is 2.42. The van der Waals surface area contributed by atoms with Gasteiger partial charge >= 0.3 is 0 Å². The predicted molar refractivity (Wildman–Crippen MR) is 188 cm³/mol. The van der Waals surface area contributed by atoms with Crippen LogP contribution in [-0.4, -0.2) is 9.97 Å². The fourth-order valence-corrected chi connectivity index (χ4v) is 6.84. The van der Waals surface area contributed by atoms with Gasteiger partial charge in [-0.05, 0) is 63.7 Å². The Morgan fingerprint density at radius 1 is 0.391 bits per heavy atom. The minimum Gasteiger partial charge on any atom is -0.455 e. The van der Waals surface area contributed by atoms with E-state index < -0.39 is 0 Å². The standard InChI is InChI=1S/C42H24N2O2/c1-2-10-25(11-3-1)28-20-21-31-34-24-35(30-14-6-7-15-32(30)40(34)46-37(31)23-28)42-43-38(29-19-18-26-12-4-5-13-27(26)22-29)41-39(44-42)33-16-8-9-17-36(33)45-41/h1-24H. The number of aromatic nitrogens is 2. The van der Waals surface area contributed by atoms with Crippen molar-refractivity contribution in [2.45, 2.75) is 0 Å². The lowest BCUT2D eigenvalue weighted by atomic mass is 9.98. The number of hydrogen-bond donors (Lipinski definition) is 0. The van der Waals surface area contributed by atoms with E-state index >= 15 is 0 Å². The smallest absolute Gasteiger partial charge is 0.180 e. The van der Waals surface area contributed by atoms with Gasteiger partial charge in [-0.1, -0.05) is 109 Å². The summed E-state index contributed by atoms with van der Waals surface area (Å²) < 4.78 is 13.1. The lowest BCUT2D eigenvalue weighted by molar-refractivity contribution is 0.667. The molecule has 0 unspecified atom stereocenters. The van der Waals surface area contributed by atoms with Crippen LogP contribution in [0.25, 0.3) is 99.3 Å². The second kappa shape index (κ2) is 9.62. The Hall–Kier alpha value is -6.26. The van der Waals surface area contributed by atoms with Crippen LogP contribution in [0.3, 0.4) is 0 Å². The van der Waals surface area contributed by atoms with E-state index in [1.165, 1.54) is 5.39 Å². The van der Waals surface area contributed by atoms with E-state index in [4.69, 9.17) is 18.8 Å². The van der Waals surface area contributed by atoms with Crippen LogP contribution in [-0.2, 0) is 0 Å². The molecule has 3 aromatic heterocycles. The first-order chi connectivity index (χ1) is 22.8. The van der Waals surface area contributed by atoms with E-state index in [0.29, 0.717) is 11.4 Å². The van der Waals surface area contributed by atoms with Crippen molar-refractivity contribution in [3.63, 3.8) is 0 Å². The van der Waals surface area contributed by atoms with E-state index in [2.05, 4.69) is 121 Å². The van der Waals surface area contributed by atoms with Gasteiger partial charge < -0.3 is 8.83 Å². The molecule has 0 aliphatic rings. The summed E-state index contributed by atoms with van der Waals surface area (Å²) in [7, 11) is 0. The topological polar surface area (TPSA) is 52.1 Å². The Morgan fingerprint density at radius 2 is 1.11 bits per heavy atom. The van der Waals surface area contributed by atoms with Crippen molar-refractivity contribution in [2.75, 3.05) is 0 Å². The van der Waals surface area contributed by atoms with Crippen LogP contribution < -0.4 is 0 Å². The zero-order chi connectivity index (χ0) is 30.2. The van der Waals surface area contributed by atoms with Gasteiger partial charge in [-0.25, -0.2) is 9.97 Å². The van der Waals surface area contributed by atoms with Gasteiger partial charge in [0.1, 0.15) is 28.0 Å². The first-order valence-electron chi connectivity index (χ1n) is 15.4. The Labute approximate surface area is 263 Å². The summed E-state index contributed by atoms with van der Waals surface area (Å²) >= 11 is 0. The molecule has 4 heteroatoms. The van der Waals surface area contributed by atoms with Gasteiger partial charge in [-0.15, -0.1) is 0 Å². The van der Waals surface area contributed by atoms with Gasteiger partial charge in [-0.2, -0.15) is 0 Å². The van der Waals surface area contributed by atoms with Crippen molar-refractivity contribution in [1.82, 2.24) is 9.97 Å². The van der Waals surface area contributed by atoms with Crippen LogP contribution in [0.2, 0.25) is 0 Å². The van der Waals surface area contributed by atoms with E-state index in [9.17, 15) is 0 Å². The molecule has 0 aliphatic carbocycles. The van der Waals surface area contributed by atoms with Crippen molar-refractivity contribution in [2.24, 2.45) is 0 Å². The van der Waals surface area contributed by atoms with Crippen molar-refractivity contribution < 1.29 is 8.83 Å². The van der Waals surface area contributed by atoms with E-state index in [1.54, 1.807) is 0 Å². The molecule has 0 fully saturated rings. The monoisotopic (exact) mass is 588 g/mol. The van der Waals surface area contributed by atoms with Gasteiger partial charge in [0, 0.05) is 32.7 Å². The molecular formula is C42H24N2O2. The second-order valence-corrected chi connectivity index (χ2v) is 11.8. The molecule has 10 rings (SSSR count). The molecule has 0 amide bonds. The zero-order valence-corrected chi connectivity index (χ0v) is 24.6. The summed E-state index contributed by atoms with van der Waals surface area (Å²) in [6, 6.07) is 50.3. The van der Waals surface area contributed by atoms with Crippen LogP contribution in [0.5, 0.6) is 0 Å². The van der Waals surface area contributed by atoms with Crippen molar-refractivity contribution >= 4 is 65.6 Å². The fraction of sp³-hybridized carbons (Fsp3) is 0. The van der Waals surface area contributed by atoms with E-state index in [0.717, 1.165) is 82.5 Å². The molecule has 4 nitrogen and oxygen atoms in total. The molecule has 3 heterocycles. The Bertz CT molecular complexity index is 2810. The lowest BCUT2D eigenvalue weighted by Gasteiger charge is -2.10. The van der Waals surface area contributed by atoms with Gasteiger partial charge in [0.15, 0.2) is 11.4 Å². The van der Waals surface area contributed by atoms with Crippen LogP contribution in [0.15, 0.2) is 154 Å². The maximum absolute atomic E-state index is 6.61. The maximum Gasteiger partial charge on any atom is 0.180 e. The molecule has 0 N–H and O–H groups in total. The first kappa shape index (κ1) is 25.1. The predicted octanol–water partition coefficient (Wildman–Crippen LogP) is 11.6. The molecule has 0 saturated carbocycles. The average Bonchev–Trinajstić information content (AvgIpc) is 3.69. The number of nitrogens with zero attached hydrogens (tertiary/aromatic N) is 2. The van der Waals surface area contributed by atoms with Gasteiger partial charge in [0.05, 0.1) is 0 Å². The van der Waals surface area contributed by atoms with Crippen molar-refractivity contribution in [3.05, 3.63) is 146 Å². The highest BCUT2D eigenvalue weighted by molar-refractivity contribution is 6.19. The fourth-order valence-electron chi connectivity index (χ4n) is 6.84. The SMILES string of the molecule is c1ccc(-c2ccc3c(c2)oc2c4ccccc4c(-c4nc(-c5ccc6ccccc6c5)c5oc6ccccc6c5n4)cc32)cc1. The van der Waals surface area contributed by atoms with Crippen LogP contribution in [0, 0.1) is 0 Å². The number of furan rings is 2. The lowest BCUT2D eigenvalue weighted by Crippen LogP contribution is -1.95. The summed E-state index contributed by atoms with van der Waals surface area (Å²) in [4.78, 5) is 10.5. The quantitative estimate of drug-likeness (QED) is 0.206. The minimum atomic E-state index is 0.649. The Morgan fingerprint density at radius 3 is 2.00 bits per heavy atom. The molecule has 46 heavy (non-hydrogen) atoms. The number of fused-ring (bicyclic) bond motifs is 9. The van der Waals surface area contributed by atoms with Crippen molar-refractivity contribution in [3.8, 4) is 33.8 Å². The average molecular weight is 589 g/mol. The molecule has 10 aromatic rings. The molecule has 7 aromatic carbocycles. The highest BCUT2D eigenvalue weighted by atomic mass is 16.3. The van der Waals surface area contributed by atoms with Gasteiger partial charge in [-0.3, -0.25) is 0 Å². The number of rotatable bonds is 3. The third-order valence-electron chi connectivity index (χ3n) is 9.07. The zero-order valence-electron chi connectivity index (χ0n) is 24.6. The number of benzene rings is 7. The summed E-state index contributed by atoms with van der Waals surface area (Å²) in [5, 5.41) is 7.46. The van der Waals surface area contributed by atoms with Gasteiger partial charge in [0.25, 0.3) is 0 Å². The van der Waals surface area contributed by atoms with E-state index in [1.807, 2.05) is 24.3 Å². The Kier molecular flexibility index (Phi) is 5.25. The first-order valence-corrected chi connectivity index (χ1v) is 15.4. The largest absolute Gasteiger partial charge is 0.455 e. The molecule has 214 valence electrons. The summed E-state index contributed by atoms with van der Waals surface area (Å²) in [6.45, 7) is 0. The summed E-state index contributed by atoms with van der Waals surface area (Å²) in [6.07, 6.45) is 0. The molecule has 0 aliphatic heterocycles. The summed E-state index contributed by atoms with van der Waals surface area (Å²) in [5.41, 5.74) is 8.99.